The summed E-state index contributed by atoms with van der Waals surface area (Å²) in [5.41, 5.74) is 1.68. The fourth-order valence-corrected chi connectivity index (χ4v) is 3.97. The molecule has 2 amide bonds. The molecule has 0 spiro atoms. The first-order valence-corrected chi connectivity index (χ1v) is 9.39. The van der Waals surface area contributed by atoms with Gasteiger partial charge in [-0.25, -0.2) is 4.90 Å². The van der Waals surface area contributed by atoms with E-state index in [1.54, 1.807) is 49.4 Å². The summed E-state index contributed by atoms with van der Waals surface area (Å²) in [5, 5.41) is 6.30. The summed E-state index contributed by atoms with van der Waals surface area (Å²) >= 11 is 6.24. The standard InChI is InChI=1S/C21H18ClN3O4/c1-11-13(22)7-6-9-14(11)25-19-17(18(23-25)12(2)26)20(27)24(21(19)28)15-8-4-5-10-16(15)29-3/h4-10,17,19H,1-3H3/t17-,19-/m0/s1. The Kier molecular flexibility index (Phi) is 4.62. The molecule has 0 aromatic heterocycles. The van der Waals surface area contributed by atoms with E-state index in [0.29, 0.717) is 27.7 Å². The molecule has 2 heterocycles. The average Bonchev–Trinajstić information content (AvgIpc) is 3.21. The van der Waals surface area contributed by atoms with E-state index in [1.165, 1.54) is 19.0 Å². The minimum atomic E-state index is -0.983. The Hall–Kier alpha value is -3.19. The minimum Gasteiger partial charge on any atom is -0.495 e. The van der Waals surface area contributed by atoms with Crippen molar-refractivity contribution in [2.24, 2.45) is 11.0 Å². The summed E-state index contributed by atoms with van der Waals surface area (Å²) in [7, 11) is 1.47. The number of fused-ring (bicyclic) bond motifs is 1. The van der Waals surface area contributed by atoms with Crippen LogP contribution in [0.1, 0.15) is 12.5 Å². The van der Waals surface area contributed by atoms with Gasteiger partial charge >= 0.3 is 0 Å². The molecule has 148 valence electrons. The van der Waals surface area contributed by atoms with Crippen molar-refractivity contribution in [1.82, 2.24) is 0 Å². The highest BCUT2D eigenvalue weighted by Gasteiger charge is 2.58. The molecule has 0 N–H and O–H groups in total. The SMILES string of the molecule is COc1ccccc1N1C(=O)[C@H]2C(C(C)=O)=NN(c3cccc(Cl)c3C)[C@@H]2C1=O. The van der Waals surface area contributed by atoms with Crippen LogP contribution in [-0.2, 0) is 14.4 Å². The van der Waals surface area contributed by atoms with Gasteiger partial charge in [-0.2, -0.15) is 5.10 Å². The Morgan fingerprint density at radius 2 is 1.76 bits per heavy atom. The molecule has 2 aromatic carbocycles. The number of anilines is 2. The molecule has 7 nitrogen and oxygen atoms in total. The largest absolute Gasteiger partial charge is 0.495 e. The van der Waals surface area contributed by atoms with Crippen molar-refractivity contribution in [2.45, 2.75) is 19.9 Å². The number of ketones is 1. The van der Waals surface area contributed by atoms with Crippen molar-refractivity contribution in [3.63, 3.8) is 0 Å². The highest BCUT2D eigenvalue weighted by atomic mass is 35.5. The number of hydrogen-bond acceptors (Lipinski definition) is 6. The molecule has 0 bridgehead atoms. The van der Waals surface area contributed by atoms with Gasteiger partial charge in [0.25, 0.3) is 5.91 Å². The Balaban J connectivity index is 1.86. The smallest absolute Gasteiger partial charge is 0.260 e. The van der Waals surface area contributed by atoms with Gasteiger partial charge in [-0.1, -0.05) is 29.8 Å². The Morgan fingerprint density at radius 3 is 2.45 bits per heavy atom. The molecule has 2 atom stereocenters. The van der Waals surface area contributed by atoms with Gasteiger partial charge in [0.2, 0.25) is 5.91 Å². The van der Waals surface area contributed by atoms with E-state index in [2.05, 4.69) is 5.10 Å². The second-order valence-electron chi connectivity index (χ2n) is 6.88. The number of halogens is 1. The number of ether oxygens (including phenoxy) is 1. The fraction of sp³-hybridized carbons (Fsp3) is 0.238. The molecule has 2 aromatic rings. The van der Waals surface area contributed by atoms with Crippen LogP contribution in [0, 0.1) is 12.8 Å². The summed E-state index contributed by atoms with van der Waals surface area (Å²) < 4.78 is 5.32. The van der Waals surface area contributed by atoms with Crippen molar-refractivity contribution >= 4 is 46.3 Å². The predicted octanol–water partition coefficient (Wildman–Crippen LogP) is 2.98. The zero-order chi connectivity index (χ0) is 20.9. The number of carbonyl (C=O) groups is 3. The Labute approximate surface area is 172 Å². The second kappa shape index (κ2) is 7.00. The van der Waals surface area contributed by atoms with Gasteiger partial charge in [0, 0.05) is 11.9 Å². The van der Waals surface area contributed by atoms with E-state index in [1.807, 2.05) is 0 Å². The van der Waals surface area contributed by atoms with Crippen LogP contribution in [-0.4, -0.2) is 36.5 Å². The lowest BCUT2D eigenvalue weighted by Crippen LogP contribution is -2.39. The molecular formula is C21H18ClN3O4. The van der Waals surface area contributed by atoms with Gasteiger partial charge in [0.05, 0.1) is 18.5 Å². The van der Waals surface area contributed by atoms with Crippen LogP contribution in [0.5, 0.6) is 5.75 Å². The van der Waals surface area contributed by atoms with Crippen LogP contribution in [0.15, 0.2) is 47.6 Å². The van der Waals surface area contributed by atoms with Crippen molar-refractivity contribution in [2.75, 3.05) is 17.0 Å². The first-order valence-electron chi connectivity index (χ1n) is 9.01. The number of nitrogens with zero attached hydrogens (tertiary/aromatic N) is 3. The third-order valence-electron chi connectivity index (χ3n) is 5.22. The third kappa shape index (κ3) is 2.81. The molecule has 0 unspecified atom stereocenters. The lowest BCUT2D eigenvalue weighted by Gasteiger charge is -2.24. The number of Topliss-reactive ketones (excluding diaryl/α,β-unsaturated/α-hetero) is 1. The van der Waals surface area contributed by atoms with Gasteiger partial charge in [-0.3, -0.25) is 19.4 Å². The molecule has 4 rings (SSSR count). The number of amides is 2. The minimum absolute atomic E-state index is 0.0603. The van der Waals surface area contributed by atoms with E-state index >= 15 is 0 Å². The maximum absolute atomic E-state index is 13.4. The van der Waals surface area contributed by atoms with Gasteiger partial charge in [0.15, 0.2) is 5.78 Å². The van der Waals surface area contributed by atoms with Crippen molar-refractivity contribution < 1.29 is 19.1 Å². The molecular weight excluding hydrogens is 394 g/mol. The van der Waals surface area contributed by atoms with Crippen LogP contribution < -0.4 is 14.6 Å². The fourth-order valence-electron chi connectivity index (χ4n) is 3.80. The van der Waals surface area contributed by atoms with Gasteiger partial charge in [0.1, 0.15) is 23.4 Å². The van der Waals surface area contributed by atoms with E-state index < -0.39 is 23.8 Å². The predicted molar refractivity (Wildman–Crippen MR) is 110 cm³/mol. The lowest BCUT2D eigenvalue weighted by molar-refractivity contribution is -0.122. The van der Waals surface area contributed by atoms with Crippen LogP contribution in [0.3, 0.4) is 0 Å². The highest BCUT2D eigenvalue weighted by Crippen LogP contribution is 2.41. The third-order valence-corrected chi connectivity index (χ3v) is 5.63. The molecule has 0 radical (unpaired) electrons. The van der Waals surface area contributed by atoms with Crippen molar-refractivity contribution in [3.8, 4) is 5.75 Å². The maximum atomic E-state index is 13.4. The average molecular weight is 412 g/mol. The molecule has 2 aliphatic rings. The first-order chi connectivity index (χ1) is 13.9. The molecule has 2 aliphatic heterocycles. The number of hydrazone groups is 1. The van der Waals surface area contributed by atoms with E-state index in [-0.39, 0.29) is 11.5 Å². The number of methoxy groups -OCH3 is 1. The molecule has 8 heteroatoms. The van der Waals surface area contributed by atoms with Gasteiger partial charge < -0.3 is 4.74 Å². The van der Waals surface area contributed by atoms with E-state index in [4.69, 9.17) is 16.3 Å². The number of carbonyl (C=O) groups excluding carboxylic acids is 3. The zero-order valence-corrected chi connectivity index (χ0v) is 16.8. The first kappa shape index (κ1) is 19.1. The normalized spacial score (nSPS) is 20.8. The number of benzene rings is 2. The number of imide groups is 1. The van der Waals surface area contributed by atoms with E-state index in [0.717, 1.165) is 4.90 Å². The summed E-state index contributed by atoms with van der Waals surface area (Å²) in [6, 6.07) is 11.0. The Bertz CT molecular complexity index is 1080. The highest BCUT2D eigenvalue weighted by molar-refractivity contribution is 6.49. The lowest BCUT2D eigenvalue weighted by atomic mass is 9.95. The molecule has 0 saturated carbocycles. The van der Waals surface area contributed by atoms with Crippen LogP contribution in [0.4, 0.5) is 11.4 Å². The van der Waals surface area contributed by atoms with Crippen LogP contribution >= 0.6 is 11.6 Å². The van der Waals surface area contributed by atoms with Crippen LogP contribution in [0.25, 0.3) is 0 Å². The van der Waals surface area contributed by atoms with Crippen molar-refractivity contribution in [3.05, 3.63) is 53.1 Å². The van der Waals surface area contributed by atoms with Gasteiger partial charge in [-0.05, 0) is 36.8 Å². The number of para-hydroxylation sites is 2. The molecule has 1 fully saturated rings. The maximum Gasteiger partial charge on any atom is 0.260 e. The quantitative estimate of drug-likeness (QED) is 0.722. The van der Waals surface area contributed by atoms with E-state index in [9.17, 15) is 14.4 Å². The number of rotatable bonds is 4. The summed E-state index contributed by atoms with van der Waals surface area (Å²) in [5.74, 6) is -1.92. The zero-order valence-electron chi connectivity index (χ0n) is 16.0. The molecule has 1 saturated heterocycles. The van der Waals surface area contributed by atoms with Crippen molar-refractivity contribution in [1.29, 1.82) is 0 Å². The van der Waals surface area contributed by atoms with Gasteiger partial charge in [-0.15, -0.1) is 0 Å². The molecule has 0 aliphatic carbocycles. The topological polar surface area (TPSA) is 79.3 Å². The summed E-state index contributed by atoms with van der Waals surface area (Å²) in [6.07, 6.45) is 0. The molecule has 29 heavy (non-hydrogen) atoms. The Morgan fingerprint density at radius 1 is 1.07 bits per heavy atom. The second-order valence-corrected chi connectivity index (χ2v) is 7.28. The van der Waals surface area contributed by atoms with Crippen LogP contribution in [0.2, 0.25) is 5.02 Å². The summed E-state index contributed by atoms with van der Waals surface area (Å²) in [4.78, 5) is 40.0. The summed E-state index contributed by atoms with van der Waals surface area (Å²) in [6.45, 7) is 3.14. The number of hydrogen-bond donors (Lipinski definition) is 0. The monoisotopic (exact) mass is 411 g/mol.